The van der Waals surface area contributed by atoms with E-state index in [1.54, 1.807) is 12.1 Å². The van der Waals surface area contributed by atoms with Crippen molar-refractivity contribution in [3.63, 3.8) is 0 Å². The summed E-state index contributed by atoms with van der Waals surface area (Å²) in [5, 5.41) is 5.39. The van der Waals surface area contributed by atoms with Crippen LogP contribution in [0.25, 0.3) is 11.0 Å². The molecule has 0 aliphatic rings. The summed E-state index contributed by atoms with van der Waals surface area (Å²) in [4.78, 5) is 35.8. The first-order valence-corrected chi connectivity index (χ1v) is 9.14. The van der Waals surface area contributed by atoms with E-state index in [0.29, 0.717) is 17.7 Å². The topological polar surface area (TPSA) is 107 Å². The van der Waals surface area contributed by atoms with Gasteiger partial charge in [-0.1, -0.05) is 32.0 Å². The zero-order chi connectivity index (χ0) is 20.7. The van der Waals surface area contributed by atoms with Crippen molar-refractivity contribution >= 4 is 28.9 Å². The number of fused-ring (bicyclic) bond motifs is 1. The minimum atomic E-state index is -0.795. The largest absolute Gasteiger partial charge is 0.450 e. The molecule has 0 aliphatic heterocycles. The molecule has 152 valence electrons. The molecule has 3 amide bonds. The molecule has 0 fully saturated rings. The summed E-state index contributed by atoms with van der Waals surface area (Å²) in [7, 11) is 0. The zero-order valence-electron chi connectivity index (χ0n) is 16.5. The Bertz CT molecular complexity index is 840. The molecule has 2 N–H and O–H groups in total. The number of rotatable bonds is 8. The van der Waals surface area contributed by atoms with Gasteiger partial charge in [0.2, 0.25) is 5.76 Å². The van der Waals surface area contributed by atoms with E-state index in [0.717, 1.165) is 5.39 Å². The third kappa shape index (κ3) is 6.09. The minimum absolute atomic E-state index is 0.0149. The van der Waals surface area contributed by atoms with Crippen molar-refractivity contribution in [2.45, 2.75) is 40.4 Å². The molecule has 8 heteroatoms. The molecule has 1 aromatic heterocycles. The van der Waals surface area contributed by atoms with Crippen molar-refractivity contribution in [3.8, 4) is 0 Å². The van der Waals surface area contributed by atoms with Crippen molar-refractivity contribution < 1.29 is 28.3 Å². The Labute approximate surface area is 163 Å². The lowest BCUT2D eigenvalue weighted by atomic mass is 10.1. The van der Waals surface area contributed by atoms with Gasteiger partial charge in [-0.25, -0.2) is 9.59 Å². The molecule has 8 nitrogen and oxygen atoms in total. The van der Waals surface area contributed by atoms with E-state index in [4.69, 9.17) is 13.9 Å². The number of benzene rings is 1. The third-order valence-corrected chi connectivity index (χ3v) is 3.70. The Morgan fingerprint density at radius 1 is 1.11 bits per heavy atom. The molecule has 28 heavy (non-hydrogen) atoms. The number of esters is 1. The normalized spacial score (nSPS) is 11.1. The maximum absolute atomic E-state index is 12.4. The number of carbonyl (C=O) groups is 3. The van der Waals surface area contributed by atoms with Gasteiger partial charge in [0.05, 0.1) is 12.7 Å². The number of hydrogen-bond donors (Lipinski definition) is 2. The van der Waals surface area contributed by atoms with Crippen LogP contribution in [0, 0.1) is 5.92 Å². The number of para-hydroxylation sites is 1. The predicted octanol–water partition coefficient (Wildman–Crippen LogP) is 3.00. The number of furan rings is 1. The first-order valence-electron chi connectivity index (χ1n) is 9.14. The van der Waals surface area contributed by atoms with Crippen molar-refractivity contribution in [1.82, 2.24) is 10.6 Å². The second kappa shape index (κ2) is 9.89. The van der Waals surface area contributed by atoms with Gasteiger partial charge in [-0.2, -0.15) is 0 Å². The van der Waals surface area contributed by atoms with Crippen LogP contribution >= 0.6 is 0 Å². The maximum atomic E-state index is 12.4. The Morgan fingerprint density at radius 2 is 1.82 bits per heavy atom. The number of carbonyl (C=O) groups excluding carboxylic acids is 3. The quantitative estimate of drug-likeness (QED) is 0.671. The summed E-state index contributed by atoms with van der Waals surface area (Å²) in [6.45, 7) is 7.62. The van der Waals surface area contributed by atoms with Crippen molar-refractivity contribution in [3.05, 3.63) is 35.6 Å². The Balaban J connectivity index is 2.01. The van der Waals surface area contributed by atoms with Gasteiger partial charge < -0.3 is 19.2 Å². The van der Waals surface area contributed by atoms with Gasteiger partial charge >= 0.3 is 12.0 Å². The molecule has 0 atom stereocenters. The van der Waals surface area contributed by atoms with Crippen LogP contribution in [0.1, 0.15) is 43.8 Å². The fourth-order valence-electron chi connectivity index (χ4n) is 2.36. The van der Waals surface area contributed by atoms with Crippen LogP contribution in [-0.4, -0.2) is 37.2 Å². The lowest BCUT2D eigenvalue weighted by Crippen LogP contribution is -2.42. The number of hydrogen-bond acceptors (Lipinski definition) is 6. The van der Waals surface area contributed by atoms with Crippen molar-refractivity contribution in [2.75, 3.05) is 13.2 Å². The van der Waals surface area contributed by atoms with E-state index >= 15 is 0 Å². The zero-order valence-corrected chi connectivity index (χ0v) is 16.5. The van der Waals surface area contributed by atoms with Gasteiger partial charge in [0.25, 0.3) is 5.91 Å². The first-order chi connectivity index (χ1) is 13.3. The Hall–Kier alpha value is -2.87. The molecule has 0 bridgehead atoms. The summed E-state index contributed by atoms with van der Waals surface area (Å²) in [5.74, 6) is -1.29. The van der Waals surface area contributed by atoms with Crippen LogP contribution in [-0.2, 0) is 20.9 Å². The summed E-state index contributed by atoms with van der Waals surface area (Å²) in [6.07, 6.45) is -0.0346. The second-order valence-electron chi connectivity index (χ2n) is 6.99. The van der Waals surface area contributed by atoms with Gasteiger partial charge in [-0.05, 0) is 25.8 Å². The van der Waals surface area contributed by atoms with E-state index in [1.807, 2.05) is 39.8 Å². The standard InChI is InChI=1S/C20H26N2O6/c1-12(2)9-21-20(25)22-17(23)11-27-19(24)18-15(10-26-13(3)4)14-7-5-6-8-16(14)28-18/h5-8,12-13H,9-11H2,1-4H3,(H2,21,22,23,25). The van der Waals surface area contributed by atoms with Crippen molar-refractivity contribution in [2.24, 2.45) is 5.92 Å². The summed E-state index contributed by atoms with van der Waals surface area (Å²) in [5.41, 5.74) is 1.08. The summed E-state index contributed by atoms with van der Waals surface area (Å²) >= 11 is 0. The number of nitrogens with one attached hydrogen (secondary N) is 2. The van der Waals surface area contributed by atoms with Gasteiger partial charge in [0.15, 0.2) is 6.61 Å². The smallest absolute Gasteiger partial charge is 0.375 e. The lowest BCUT2D eigenvalue weighted by Gasteiger charge is -2.09. The summed E-state index contributed by atoms with van der Waals surface area (Å²) < 4.78 is 16.2. The molecular weight excluding hydrogens is 364 g/mol. The number of ether oxygens (including phenoxy) is 2. The highest BCUT2D eigenvalue weighted by Crippen LogP contribution is 2.27. The third-order valence-electron chi connectivity index (χ3n) is 3.70. The average molecular weight is 390 g/mol. The van der Waals surface area contributed by atoms with E-state index in [1.165, 1.54) is 0 Å². The molecular formula is C20H26N2O6. The molecule has 1 aromatic carbocycles. The number of amides is 3. The van der Waals surface area contributed by atoms with E-state index in [2.05, 4.69) is 10.6 Å². The highest BCUT2D eigenvalue weighted by molar-refractivity contribution is 5.98. The molecule has 2 rings (SSSR count). The van der Waals surface area contributed by atoms with Crippen LogP contribution in [0.2, 0.25) is 0 Å². The van der Waals surface area contributed by atoms with Gasteiger partial charge in [0, 0.05) is 17.5 Å². The SMILES string of the molecule is CC(C)CNC(=O)NC(=O)COC(=O)c1oc2ccccc2c1COC(C)C. The van der Waals surface area contributed by atoms with Gasteiger partial charge in [-0.3, -0.25) is 10.1 Å². The molecule has 0 aliphatic carbocycles. The van der Waals surface area contributed by atoms with Crippen molar-refractivity contribution in [1.29, 1.82) is 0 Å². The number of urea groups is 1. The molecule has 0 saturated heterocycles. The van der Waals surface area contributed by atoms with Crippen LogP contribution in [0.5, 0.6) is 0 Å². The Morgan fingerprint density at radius 3 is 2.50 bits per heavy atom. The number of imide groups is 1. The molecule has 2 aromatic rings. The molecule has 0 radical (unpaired) electrons. The lowest BCUT2D eigenvalue weighted by molar-refractivity contribution is -0.123. The van der Waals surface area contributed by atoms with Crippen LogP contribution in [0.3, 0.4) is 0 Å². The van der Waals surface area contributed by atoms with Gasteiger partial charge in [0.1, 0.15) is 5.58 Å². The van der Waals surface area contributed by atoms with Gasteiger partial charge in [-0.15, -0.1) is 0 Å². The fraction of sp³-hybridized carbons (Fsp3) is 0.450. The maximum Gasteiger partial charge on any atom is 0.375 e. The van der Waals surface area contributed by atoms with E-state index in [9.17, 15) is 14.4 Å². The molecule has 0 unspecified atom stereocenters. The first kappa shape index (κ1) is 21.4. The van der Waals surface area contributed by atoms with E-state index in [-0.39, 0.29) is 24.4 Å². The molecule has 0 spiro atoms. The van der Waals surface area contributed by atoms with Crippen LogP contribution in [0.4, 0.5) is 4.79 Å². The second-order valence-corrected chi connectivity index (χ2v) is 6.99. The average Bonchev–Trinajstić information content (AvgIpc) is 3.01. The molecule has 0 saturated carbocycles. The highest BCUT2D eigenvalue weighted by atomic mass is 16.5. The Kier molecular flexibility index (Phi) is 7.57. The highest BCUT2D eigenvalue weighted by Gasteiger charge is 2.23. The fourth-order valence-corrected chi connectivity index (χ4v) is 2.36. The monoisotopic (exact) mass is 390 g/mol. The predicted molar refractivity (Wildman–Crippen MR) is 103 cm³/mol. The van der Waals surface area contributed by atoms with E-state index < -0.39 is 24.5 Å². The summed E-state index contributed by atoms with van der Waals surface area (Å²) in [6, 6.07) is 6.54. The minimum Gasteiger partial charge on any atom is -0.450 e. The molecule has 1 heterocycles. The van der Waals surface area contributed by atoms with Crippen LogP contribution < -0.4 is 10.6 Å². The van der Waals surface area contributed by atoms with Crippen LogP contribution in [0.15, 0.2) is 28.7 Å².